The molecule has 0 spiro atoms. The molecule has 0 radical (unpaired) electrons. The molecule has 1 aromatic carbocycles. The molecular formula is C11H7ClF2N2OS. The minimum atomic E-state index is -2.90. The summed E-state index contributed by atoms with van der Waals surface area (Å²) in [7, 11) is 0. The van der Waals surface area contributed by atoms with Crippen LogP contribution in [0, 0.1) is 4.77 Å². The summed E-state index contributed by atoms with van der Waals surface area (Å²) in [6.07, 6.45) is -2.90. The Hall–Kier alpha value is -1.53. The van der Waals surface area contributed by atoms with Crippen molar-refractivity contribution in [1.29, 1.82) is 0 Å². The van der Waals surface area contributed by atoms with Crippen LogP contribution in [0.2, 0.25) is 5.02 Å². The third kappa shape index (κ3) is 2.49. The third-order valence-corrected chi connectivity index (χ3v) is 2.79. The minimum absolute atomic E-state index is 0.00523. The summed E-state index contributed by atoms with van der Waals surface area (Å²) >= 11 is 10.5. The molecule has 0 amide bonds. The molecule has 2 N–H and O–H groups in total. The second-order valence-corrected chi connectivity index (χ2v) is 4.35. The van der Waals surface area contributed by atoms with Crippen LogP contribution in [0.4, 0.5) is 8.78 Å². The summed E-state index contributed by atoms with van der Waals surface area (Å²) in [4.78, 5) is 16.2. The van der Waals surface area contributed by atoms with E-state index in [4.69, 9.17) is 23.8 Å². The first-order valence-corrected chi connectivity index (χ1v) is 5.68. The third-order valence-electron chi connectivity index (χ3n) is 2.33. The van der Waals surface area contributed by atoms with E-state index in [-0.39, 0.29) is 10.5 Å². The second-order valence-electron chi connectivity index (χ2n) is 3.50. The van der Waals surface area contributed by atoms with Crippen molar-refractivity contribution in [3.63, 3.8) is 0 Å². The van der Waals surface area contributed by atoms with Gasteiger partial charge in [0.25, 0.3) is 12.0 Å². The van der Waals surface area contributed by atoms with Crippen molar-refractivity contribution in [2.45, 2.75) is 6.43 Å². The van der Waals surface area contributed by atoms with Crippen LogP contribution in [-0.2, 0) is 0 Å². The Morgan fingerprint density at radius 3 is 2.33 bits per heavy atom. The number of hydrogen-bond acceptors (Lipinski definition) is 2. The fourth-order valence-corrected chi connectivity index (χ4v) is 1.87. The Bertz CT molecular complexity index is 679. The fourth-order valence-electron chi connectivity index (χ4n) is 1.55. The summed E-state index contributed by atoms with van der Waals surface area (Å²) in [5.74, 6) is 0. The molecule has 18 heavy (non-hydrogen) atoms. The predicted octanol–water partition coefficient (Wildman–Crippen LogP) is 3.69. The van der Waals surface area contributed by atoms with Crippen LogP contribution < -0.4 is 5.56 Å². The van der Waals surface area contributed by atoms with Crippen LogP contribution in [0.5, 0.6) is 0 Å². The molecule has 7 heteroatoms. The number of aromatic amines is 2. The van der Waals surface area contributed by atoms with Crippen LogP contribution in [-0.4, -0.2) is 9.97 Å². The van der Waals surface area contributed by atoms with E-state index in [1.807, 2.05) is 0 Å². The Morgan fingerprint density at radius 1 is 1.17 bits per heavy atom. The monoisotopic (exact) mass is 288 g/mol. The Balaban J connectivity index is 2.73. The van der Waals surface area contributed by atoms with E-state index in [2.05, 4.69) is 9.97 Å². The van der Waals surface area contributed by atoms with E-state index in [1.54, 1.807) is 12.1 Å². The van der Waals surface area contributed by atoms with E-state index in [9.17, 15) is 13.6 Å². The highest BCUT2D eigenvalue weighted by molar-refractivity contribution is 7.71. The zero-order valence-corrected chi connectivity index (χ0v) is 10.4. The lowest BCUT2D eigenvalue weighted by Gasteiger charge is -2.08. The van der Waals surface area contributed by atoms with Gasteiger partial charge in [-0.1, -0.05) is 23.7 Å². The van der Waals surface area contributed by atoms with Gasteiger partial charge < -0.3 is 4.98 Å². The molecule has 3 nitrogen and oxygen atoms in total. The molecule has 0 unspecified atom stereocenters. The molecule has 0 saturated carbocycles. The lowest BCUT2D eigenvalue weighted by molar-refractivity contribution is 0.150. The molecule has 0 bridgehead atoms. The largest absolute Gasteiger partial charge is 0.331 e. The smallest absolute Gasteiger partial charge is 0.271 e. The molecule has 1 aromatic heterocycles. The average Bonchev–Trinajstić information content (AvgIpc) is 2.28. The number of hydrogen-bond donors (Lipinski definition) is 2. The van der Waals surface area contributed by atoms with E-state index in [0.717, 1.165) is 0 Å². The van der Waals surface area contributed by atoms with Gasteiger partial charge in [-0.05, 0) is 29.9 Å². The van der Waals surface area contributed by atoms with Gasteiger partial charge in [-0.25, -0.2) is 8.78 Å². The quantitative estimate of drug-likeness (QED) is 0.828. The molecule has 0 aliphatic carbocycles. The van der Waals surface area contributed by atoms with Crippen LogP contribution in [0.1, 0.15) is 12.0 Å². The van der Waals surface area contributed by atoms with Gasteiger partial charge in [-0.15, -0.1) is 0 Å². The van der Waals surface area contributed by atoms with Gasteiger partial charge in [-0.3, -0.25) is 9.78 Å². The number of benzene rings is 1. The van der Waals surface area contributed by atoms with Crippen molar-refractivity contribution in [3.8, 4) is 11.3 Å². The van der Waals surface area contributed by atoms with Crippen LogP contribution in [0.25, 0.3) is 11.3 Å². The fraction of sp³-hybridized carbons (Fsp3) is 0.0909. The molecule has 0 saturated heterocycles. The first kappa shape index (κ1) is 12.9. The number of rotatable bonds is 2. The topological polar surface area (TPSA) is 48.6 Å². The molecule has 1 heterocycles. The van der Waals surface area contributed by atoms with Gasteiger partial charge in [0.1, 0.15) is 5.56 Å². The Labute approximate surface area is 110 Å². The van der Waals surface area contributed by atoms with Gasteiger partial charge >= 0.3 is 0 Å². The van der Waals surface area contributed by atoms with E-state index in [1.165, 1.54) is 12.1 Å². The molecular weight excluding hydrogens is 282 g/mol. The van der Waals surface area contributed by atoms with Crippen molar-refractivity contribution < 1.29 is 8.78 Å². The summed E-state index contributed by atoms with van der Waals surface area (Å²) in [6, 6.07) is 6.16. The SMILES string of the molecule is O=c1[nH]c(=S)[nH]c(-c2ccc(Cl)cc2)c1C(F)F. The molecule has 0 aliphatic heterocycles. The van der Waals surface area contributed by atoms with Crippen molar-refractivity contribution in [1.82, 2.24) is 9.97 Å². The van der Waals surface area contributed by atoms with Crippen LogP contribution in [0.15, 0.2) is 29.1 Å². The van der Waals surface area contributed by atoms with Crippen LogP contribution in [0.3, 0.4) is 0 Å². The summed E-state index contributed by atoms with van der Waals surface area (Å²) in [5.41, 5.74) is -1.09. The van der Waals surface area contributed by atoms with Gasteiger partial charge in [0.05, 0.1) is 5.69 Å². The van der Waals surface area contributed by atoms with Crippen molar-refractivity contribution >= 4 is 23.8 Å². The summed E-state index contributed by atoms with van der Waals surface area (Å²) < 4.78 is 25.8. The lowest BCUT2D eigenvalue weighted by atomic mass is 10.1. The van der Waals surface area contributed by atoms with Gasteiger partial charge in [0, 0.05) is 5.02 Å². The highest BCUT2D eigenvalue weighted by Gasteiger charge is 2.19. The number of aromatic nitrogens is 2. The van der Waals surface area contributed by atoms with Crippen molar-refractivity contribution in [2.24, 2.45) is 0 Å². The molecule has 2 aromatic rings. The Morgan fingerprint density at radius 2 is 1.78 bits per heavy atom. The number of nitrogens with one attached hydrogen (secondary N) is 2. The zero-order valence-electron chi connectivity index (χ0n) is 8.84. The van der Waals surface area contributed by atoms with Crippen molar-refractivity contribution in [2.75, 3.05) is 0 Å². The maximum atomic E-state index is 12.9. The minimum Gasteiger partial charge on any atom is -0.331 e. The first-order valence-electron chi connectivity index (χ1n) is 4.89. The van der Waals surface area contributed by atoms with E-state index >= 15 is 0 Å². The maximum absolute atomic E-state index is 12.9. The first-order chi connectivity index (χ1) is 8.49. The van der Waals surface area contributed by atoms with E-state index < -0.39 is 17.5 Å². The lowest BCUT2D eigenvalue weighted by Crippen LogP contribution is -2.16. The molecule has 94 valence electrons. The van der Waals surface area contributed by atoms with Crippen molar-refractivity contribution in [3.05, 3.63) is 50.0 Å². The Kier molecular flexibility index (Phi) is 3.58. The van der Waals surface area contributed by atoms with Gasteiger partial charge in [0.15, 0.2) is 4.77 Å². The summed E-state index contributed by atoms with van der Waals surface area (Å²) in [6.45, 7) is 0. The molecule has 0 atom stereocenters. The highest BCUT2D eigenvalue weighted by atomic mass is 35.5. The highest BCUT2D eigenvalue weighted by Crippen LogP contribution is 2.27. The molecule has 0 aliphatic rings. The van der Waals surface area contributed by atoms with E-state index in [0.29, 0.717) is 10.6 Å². The second kappa shape index (κ2) is 4.99. The predicted molar refractivity (Wildman–Crippen MR) is 67.7 cm³/mol. The van der Waals surface area contributed by atoms with Gasteiger partial charge in [-0.2, -0.15) is 0 Å². The number of halogens is 3. The molecule has 2 rings (SSSR count). The standard InChI is InChI=1S/C11H7ClF2N2OS/c12-6-3-1-5(2-4-6)8-7(9(13)14)10(17)16-11(18)15-8/h1-4,9H,(H2,15,16,17,18). The zero-order chi connectivity index (χ0) is 13.3. The number of H-pyrrole nitrogens is 2. The normalized spacial score (nSPS) is 10.9. The molecule has 0 fully saturated rings. The average molecular weight is 289 g/mol. The van der Waals surface area contributed by atoms with Gasteiger partial charge in [0.2, 0.25) is 0 Å². The van der Waals surface area contributed by atoms with Crippen LogP contribution >= 0.6 is 23.8 Å². The maximum Gasteiger partial charge on any atom is 0.271 e. The summed E-state index contributed by atoms with van der Waals surface area (Å²) in [5, 5.41) is 0.473. The number of alkyl halides is 2.